The van der Waals surface area contributed by atoms with Crippen LogP contribution >= 0.6 is 0 Å². The first-order valence-electron chi connectivity index (χ1n) is 7.14. The summed E-state index contributed by atoms with van der Waals surface area (Å²) in [5.41, 5.74) is 9.56. The summed E-state index contributed by atoms with van der Waals surface area (Å²) in [5, 5.41) is 0. The van der Waals surface area contributed by atoms with Gasteiger partial charge in [-0.1, -0.05) is 24.3 Å². The van der Waals surface area contributed by atoms with Crippen LogP contribution in [0.1, 0.15) is 42.7 Å². The third kappa shape index (κ3) is 1.63. The van der Waals surface area contributed by atoms with E-state index in [-0.39, 0.29) is 0 Å². The van der Waals surface area contributed by atoms with Crippen LogP contribution in [0.15, 0.2) is 24.3 Å². The zero-order valence-corrected chi connectivity index (χ0v) is 10.3. The molecule has 4 unspecified atom stereocenters. The number of hydrogen-bond acceptors (Lipinski definition) is 1. The van der Waals surface area contributed by atoms with Crippen molar-refractivity contribution < 1.29 is 0 Å². The minimum Gasteiger partial charge on any atom is -0.327 e. The van der Waals surface area contributed by atoms with E-state index in [0.717, 1.165) is 23.7 Å². The van der Waals surface area contributed by atoms with Crippen LogP contribution in [0.5, 0.6) is 0 Å². The molecule has 2 N–H and O–H groups in total. The molecule has 1 heteroatoms. The molecule has 90 valence electrons. The summed E-state index contributed by atoms with van der Waals surface area (Å²) in [6, 6.07) is 9.34. The second-order valence-electron chi connectivity index (χ2n) is 6.49. The van der Waals surface area contributed by atoms with Gasteiger partial charge in [-0.2, -0.15) is 0 Å². The number of fused-ring (bicyclic) bond motifs is 2. The van der Waals surface area contributed by atoms with Crippen molar-refractivity contribution in [1.82, 2.24) is 0 Å². The van der Waals surface area contributed by atoms with Crippen molar-refractivity contribution in [2.75, 3.05) is 0 Å². The van der Waals surface area contributed by atoms with E-state index in [9.17, 15) is 0 Å². The molecule has 0 aliphatic heterocycles. The van der Waals surface area contributed by atoms with E-state index < -0.39 is 0 Å². The van der Waals surface area contributed by atoms with Crippen molar-refractivity contribution in [3.63, 3.8) is 0 Å². The van der Waals surface area contributed by atoms with Gasteiger partial charge in [-0.05, 0) is 66.9 Å². The SMILES string of the molecule is NC(CC1Cc2ccccc21)C1CC2CC2C1. The van der Waals surface area contributed by atoms with E-state index >= 15 is 0 Å². The quantitative estimate of drug-likeness (QED) is 0.843. The van der Waals surface area contributed by atoms with Gasteiger partial charge in [-0.3, -0.25) is 0 Å². The topological polar surface area (TPSA) is 26.0 Å². The molecular weight excluding hydrogens is 206 g/mol. The first kappa shape index (κ1) is 10.1. The highest BCUT2D eigenvalue weighted by Gasteiger charge is 2.47. The number of nitrogens with two attached hydrogens (primary N) is 1. The zero-order valence-electron chi connectivity index (χ0n) is 10.3. The van der Waals surface area contributed by atoms with Crippen LogP contribution in [0, 0.1) is 17.8 Å². The molecule has 17 heavy (non-hydrogen) atoms. The largest absolute Gasteiger partial charge is 0.327 e. The van der Waals surface area contributed by atoms with Gasteiger partial charge >= 0.3 is 0 Å². The smallest absolute Gasteiger partial charge is 0.00733 e. The minimum atomic E-state index is 0.459. The van der Waals surface area contributed by atoms with Gasteiger partial charge < -0.3 is 5.73 Å². The first-order chi connectivity index (χ1) is 8.31. The summed E-state index contributed by atoms with van der Waals surface area (Å²) in [5.74, 6) is 3.74. The zero-order chi connectivity index (χ0) is 11.4. The Labute approximate surface area is 103 Å². The van der Waals surface area contributed by atoms with E-state index in [2.05, 4.69) is 24.3 Å². The fraction of sp³-hybridized carbons (Fsp3) is 0.625. The van der Waals surface area contributed by atoms with Crippen molar-refractivity contribution >= 4 is 0 Å². The Morgan fingerprint density at radius 3 is 2.65 bits per heavy atom. The van der Waals surface area contributed by atoms with Crippen LogP contribution in [0.3, 0.4) is 0 Å². The summed E-state index contributed by atoms with van der Waals surface area (Å²) in [4.78, 5) is 0. The fourth-order valence-corrected chi connectivity index (χ4v) is 4.21. The molecule has 1 aromatic rings. The van der Waals surface area contributed by atoms with Crippen molar-refractivity contribution in [3.8, 4) is 0 Å². The average molecular weight is 227 g/mol. The van der Waals surface area contributed by atoms with Gasteiger partial charge in [-0.15, -0.1) is 0 Å². The van der Waals surface area contributed by atoms with E-state index in [1.807, 2.05) is 0 Å². The molecule has 2 saturated carbocycles. The molecule has 0 aromatic heterocycles. The maximum absolute atomic E-state index is 6.43. The molecule has 0 saturated heterocycles. The highest BCUT2D eigenvalue weighted by atomic mass is 14.7. The fourth-order valence-electron chi connectivity index (χ4n) is 4.21. The van der Waals surface area contributed by atoms with Crippen molar-refractivity contribution in [2.24, 2.45) is 23.5 Å². The molecule has 0 spiro atoms. The van der Waals surface area contributed by atoms with Crippen LogP contribution in [0.4, 0.5) is 0 Å². The van der Waals surface area contributed by atoms with Crippen molar-refractivity contribution in [1.29, 1.82) is 0 Å². The van der Waals surface area contributed by atoms with Crippen LogP contribution in [-0.2, 0) is 6.42 Å². The molecular formula is C16H21N. The standard InChI is InChI=1S/C16H21N/c17-16(14-7-11-6-12(11)8-14)9-13-5-10-3-1-2-4-15(10)13/h1-4,11-14,16H,5-9,17H2. The molecule has 0 bridgehead atoms. The van der Waals surface area contributed by atoms with Crippen LogP contribution in [0.2, 0.25) is 0 Å². The Morgan fingerprint density at radius 1 is 1.12 bits per heavy atom. The number of hydrogen-bond donors (Lipinski definition) is 1. The molecule has 4 atom stereocenters. The number of rotatable bonds is 3. The van der Waals surface area contributed by atoms with Crippen LogP contribution in [0.25, 0.3) is 0 Å². The van der Waals surface area contributed by atoms with E-state index in [4.69, 9.17) is 5.73 Å². The predicted molar refractivity (Wildman–Crippen MR) is 69.8 cm³/mol. The Morgan fingerprint density at radius 2 is 1.88 bits per heavy atom. The Kier molecular flexibility index (Phi) is 2.14. The Balaban J connectivity index is 1.39. The van der Waals surface area contributed by atoms with E-state index in [0.29, 0.717) is 6.04 Å². The third-order valence-electron chi connectivity index (χ3n) is 5.40. The highest BCUT2D eigenvalue weighted by molar-refractivity contribution is 5.39. The minimum absolute atomic E-state index is 0.459. The van der Waals surface area contributed by atoms with E-state index in [1.54, 1.807) is 11.1 Å². The maximum atomic E-state index is 6.43. The summed E-state index contributed by atoms with van der Waals surface area (Å²) < 4.78 is 0. The predicted octanol–water partition coefficient (Wildman–Crippen LogP) is 3.09. The summed E-state index contributed by atoms with van der Waals surface area (Å²) in [6.45, 7) is 0. The lowest BCUT2D eigenvalue weighted by Crippen LogP contribution is -2.33. The van der Waals surface area contributed by atoms with Crippen LogP contribution in [-0.4, -0.2) is 6.04 Å². The maximum Gasteiger partial charge on any atom is 0.00733 e. The van der Waals surface area contributed by atoms with Gasteiger partial charge in [-0.25, -0.2) is 0 Å². The van der Waals surface area contributed by atoms with Gasteiger partial charge in [0.1, 0.15) is 0 Å². The first-order valence-corrected chi connectivity index (χ1v) is 7.14. The van der Waals surface area contributed by atoms with Gasteiger partial charge in [0.05, 0.1) is 0 Å². The molecule has 0 amide bonds. The molecule has 3 aliphatic carbocycles. The second-order valence-corrected chi connectivity index (χ2v) is 6.49. The molecule has 0 heterocycles. The van der Waals surface area contributed by atoms with Gasteiger partial charge in [0.25, 0.3) is 0 Å². The molecule has 3 aliphatic rings. The second kappa shape index (κ2) is 3.58. The Bertz CT molecular complexity index is 429. The van der Waals surface area contributed by atoms with Crippen molar-refractivity contribution in [2.45, 2.75) is 44.1 Å². The summed E-state index contributed by atoms with van der Waals surface area (Å²) >= 11 is 0. The molecule has 1 nitrogen and oxygen atoms in total. The molecule has 4 rings (SSSR count). The lowest BCUT2D eigenvalue weighted by atomic mass is 9.73. The van der Waals surface area contributed by atoms with Gasteiger partial charge in [0.15, 0.2) is 0 Å². The average Bonchev–Trinajstić information content (AvgIpc) is 2.93. The lowest BCUT2D eigenvalue weighted by Gasteiger charge is -2.34. The summed E-state index contributed by atoms with van der Waals surface area (Å²) in [7, 11) is 0. The normalized spacial score (nSPS) is 39.1. The third-order valence-corrected chi connectivity index (χ3v) is 5.40. The van der Waals surface area contributed by atoms with Gasteiger partial charge in [0.2, 0.25) is 0 Å². The molecule has 0 radical (unpaired) electrons. The van der Waals surface area contributed by atoms with Gasteiger partial charge in [0, 0.05) is 6.04 Å². The lowest BCUT2D eigenvalue weighted by molar-refractivity contribution is 0.346. The van der Waals surface area contributed by atoms with E-state index in [1.165, 1.54) is 32.1 Å². The molecule has 1 aromatic carbocycles. The van der Waals surface area contributed by atoms with Crippen LogP contribution < -0.4 is 5.73 Å². The molecule has 2 fully saturated rings. The summed E-state index contributed by atoms with van der Waals surface area (Å²) in [6.07, 6.45) is 6.86. The highest BCUT2D eigenvalue weighted by Crippen LogP contribution is 2.55. The Hall–Kier alpha value is -0.820. The number of benzene rings is 1. The monoisotopic (exact) mass is 227 g/mol. The van der Waals surface area contributed by atoms with Crippen molar-refractivity contribution in [3.05, 3.63) is 35.4 Å².